The highest BCUT2D eigenvalue weighted by atomic mass is 32.1. The minimum Gasteiger partial charge on any atom is -0.318 e. The van der Waals surface area contributed by atoms with Crippen LogP contribution in [0.4, 0.5) is 9.39 Å². The lowest BCUT2D eigenvalue weighted by Gasteiger charge is -2.10. The molecule has 4 rings (SSSR count). The van der Waals surface area contributed by atoms with Gasteiger partial charge in [-0.05, 0) is 68.8 Å². The lowest BCUT2D eigenvalue weighted by molar-refractivity contribution is 0.0848. The number of rotatable bonds is 5. The molecule has 35 heavy (non-hydrogen) atoms. The van der Waals surface area contributed by atoms with Gasteiger partial charge in [-0.3, -0.25) is 25.2 Å². The molecular weight excluding hydrogens is 467 g/mol. The summed E-state index contributed by atoms with van der Waals surface area (Å²) < 4.78 is 15.3. The zero-order valence-corrected chi connectivity index (χ0v) is 20.1. The SMILES string of the molecule is Cc1cc(NC(=O)c2cccc(F)c2)sc1C(=O)NNC(=O)c1cc(C)n(-c2ccccc2)c1C. The third kappa shape index (κ3) is 5.15. The predicted molar refractivity (Wildman–Crippen MR) is 134 cm³/mol. The first kappa shape index (κ1) is 23.9. The van der Waals surface area contributed by atoms with Crippen molar-refractivity contribution in [1.29, 1.82) is 0 Å². The van der Waals surface area contributed by atoms with Crippen molar-refractivity contribution in [2.24, 2.45) is 0 Å². The number of nitrogens with one attached hydrogen (secondary N) is 3. The van der Waals surface area contributed by atoms with Crippen molar-refractivity contribution >= 4 is 34.1 Å². The first-order valence-electron chi connectivity index (χ1n) is 10.8. The molecule has 2 aromatic heterocycles. The number of thiophene rings is 1. The number of para-hydroxylation sites is 1. The Morgan fingerprint density at radius 1 is 0.829 bits per heavy atom. The molecule has 0 spiro atoms. The molecule has 0 radical (unpaired) electrons. The monoisotopic (exact) mass is 490 g/mol. The average Bonchev–Trinajstić information content (AvgIpc) is 3.35. The summed E-state index contributed by atoms with van der Waals surface area (Å²) >= 11 is 1.06. The van der Waals surface area contributed by atoms with Crippen molar-refractivity contribution < 1.29 is 18.8 Å². The standard InChI is InChI=1S/C26H23FN4O3S/c1-15-12-22(28-24(32)18-8-7-9-19(27)14-18)35-23(15)26(34)30-29-25(33)21-13-16(2)31(17(21)3)20-10-5-4-6-11-20/h4-14H,1-3H3,(H,28,32)(H,29,33)(H,30,34). The van der Waals surface area contributed by atoms with Gasteiger partial charge in [0.25, 0.3) is 17.7 Å². The van der Waals surface area contributed by atoms with E-state index in [2.05, 4.69) is 16.2 Å². The highest BCUT2D eigenvalue weighted by molar-refractivity contribution is 7.18. The van der Waals surface area contributed by atoms with Crippen molar-refractivity contribution in [1.82, 2.24) is 15.4 Å². The Morgan fingerprint density at radius 2 is 1.54 bits per heavy atom. The van der Waals surface area contributed by atoms with Crippen molar-refractivity contribution in [3.8, 4) is 5.69 Å². The van der Waals surface area contributed by atoms with E-state index >= 15 is 0 Å². The topological polar surface area (TPSA) is 92.2 Å². The van der Waals surface area contributed by atoms with Gasteiger partial charge in [-0.25, -0.2) is 4.39 Å². The number of halogens is 1. The summed E-state index contributed by atoms with van der Waals surface area (Å²) in [5.41, 5.74) is 8.71. The zero-order valence-electron chi connectivity index (χ0n) is 19.3. The summed E-state index contributed by atoms with van der Waals surface area (Å²) in [6, 6.07) is 18.4. The molecule has 0 aliphatic heterocycles. The first-order chi connectivity index (χ1) is 16.7. The molecule has 4 aromatic rings. The van der Waals surface area contributed by atoms with Crippen molar-refractivity contribution in [3.05, 3.63) is 106 Å². The van der Waals surface area contributed by atoms with Crippen molar-refractivity contribution in [2.45, 2.75) is 20.8 Å². The second-order valence-electron chi connectivity index (χ2n) is 7.95. The van der Waals surface area contributed by atoms with Gasteiger partial charge in [-0.1, -0.05) is 24.3 Å². The fourth-order valence-electron chi connectivity index (χ4n) is 3.79. The van der Waals surface area contributed by atoms with E-state index in [1.54, 1.807) is 19.1 Å². The fraction of sp³-hybridized carbons (Fsp3) is 0.115. The fourth-order valence-corrected chi connectivity index (χ4v) is 4.75. The van der Waals surface area contributed by atoms with Gasteiger partial charge in [0.2, 0.25) is 0 Å². The van der Waals surface area contributed by atoms with E-state index < -0.39 is 23.5 Å². The van der Waals surface area contributed by atoms with E-state index in [-0.39, 0.29) is 5.56 Å². The van der Waals surface area contributed by atoms with Crippen molar-refractivity contribution in [2.75, 3.05) is 5.32 Å². The number of nitrogens with zero attached hydrogens (tertiary/aromatic N) is 1. The summed E-state index contributed by atoms with van der Waals surface area (Å²) in [4.78, 5) is 38.2. The first-order valence-corrected chi connectivity index (χ1v) is 11.6. The second kappa shape index (κ2) is 9.94. The molecule has 2 aromatic carbocycles. The largest absolute Gasteiger partial charge is 0.318 e. The normalized spacial score (nSPS) is 10.6. The molecule has 0 aliphatic carbocycles. The zero-order chi connectivity index (χ0) is 25.1. The molecule has 0 unspecified atom stereocenters. The van der Waals surface area contributed by atoms with E-state index in [0.29, 0.717) is 21.0 Å². The average molecular weight is 491 g/mol. The van der Waals surface area contributed by atoms with Crippen LogP contribution in [-0.2, 0) is 0 Å². The number of hydrogen-bond acceptors (Lipinski definition) is 4. The Labute approximate surface area is 205 Å². The quantitative estimate of drug-likeness (QED) is 0.347. The van der Waals surface area contributed by atoms with Gasteiger partial charge in [0, 0.05) is 22.6 Å². The number of anilines is 1. The Bertz CT molecular complexity index is 1430. The molecular formula is C26H23FN4O3S. The molecule has 178 valence electrons. The summed E-state index contributed by atoms with van der Waals surface area (Å²) in [6.45, 7) is 5.47. The van der Waals surface area contributed by atoms with Crippen LogP contribution in [0.5, 0.6) is 0 Å². The Morgan fingerprint density at radius 3 is 2.26 bits per heavy atom. The van der Waals surface area contributed by atoms with Crippen LogP contribution in [0.3, 0.4) is 0 Å². The van der Waals surface area contributed by atoms with Crippen LogP contribution < -0.4 is 16.2 Å². The Hall–Kier alpha value is -4.24. The minimum atomic E-state index is -0.514. The number of carbonyl (C=O) groups excluding carboxylic acids is 3. The third-order valence-corrected chi connectivity index (χ3v) is 6.58. The number of hydrogen-bond donors (Lipinski definition) is 3. The smallest absolute Gasteiger partial charge is 0.280 e. The van der Waals surface area contributed by atoms with Crippen LogP contribution in [0, 0.1) is 26.6 Å². The van der Waals surface area contributed by atoms with Crippen LogP contribution in [0.25, 0.3) is 5.69 Å². The number of benzene rings is 2. The van der Waals surface area contributed by atoms with Gasteiger partial charge >= 0.3 is 0 Å². The molecule has 0 saturated heterocycles. The molecule has 0 bridgehead atoms. The van der Waals surface area contributed by atoms with Crippen LogP contribution in [0.1, 0.15) is 47.3 Å². The van der Waals surface area contributed by atoms with Crippen LogP contribution in [0.15, 0.2) is 66.7 Å². The number of amides is 3. The molecule has 0 atom stereocenters. The second-order valence-corrected chi connectivity index (χ2v) is 9.00. The van der Waals surface area contributed by atoms with Gasteiger partial charge in [0.1, 0.15) is 5.82 Å². The van der Waals surface area contributed by atoms with E-state index in [1.807, 2.05) is 48.7 Å². The molecule has 3 amide bonds. The molecule has 3 N–H and O–H groups in total. The number of aryl methyl sites for hydroxylation is 2. The summed E-state index contributed by atoms with van der Waals surface area (Å²) in [6.07, 6.45) is 0. The number of carbonyl (C=O) groups is 3. The summed E-state index contributed by atoms with van der Waals surface area (Å²) in [5.74, 6) is -1.95. The van der Waals surface area contributed by atoms with E-state index in [9.17, 15) is 18.8 Å². The van der Waals surface area contributed by atoms with E-state index in [4.69, 9.17) is 0 Å². The predicted octanol–water partition coefficient (Wildman–Crippen LogP) is 4.93. The molecule has 0 fully saturated rings. The van der Waals surface area contributed by atoms with Crippen LogP contribution >= 0.6 is 11.3 Å². The molecule has 9 heteroatoms. The minimum absolute atomic E-state index is 0.169. The summed E-state index contributed by atoms with van der Waals surface area (Å²) in [7, 11) is 0. The highest BCUT2D eigenvalue weighted by Crippen LogP contribution is 2.27. The van der Waals surface area contributed by atoms with Gasteiger partial charge in [-0.2, -0.15) is 0 Å². The van der Waals surface area contributed by atoms with Crippen LogP contribution in [0.2, 0.25) is 0 Å². The Kier molecular flexibility index (Phi) is 6.79. The van der Waals surface area contributed by atoms with Gasteiger partial charge in [0.05, 0.1) is 15.4 Å². The van der Waals surface area contributed by atoms with Crippen molar-refractivity contribution in [3.63, 3.8) is 0 Å². The molecule has 0 saturated carbocycles. The van der Waals surface area contributed by atoms with Gasteiger partial charge in [-0.15, -0.1) is 11.3 Å². The van der Waals surface area contributed by atoms with Gasteiger partial charge in [0.15, 0.2) is 0 Å². The maximum absolute atomic E-state index is 13.4. The third-order valence-electron chi connectivity index (χ3n) is 5.43. The lowest BCUT2D eigenvalue weighted by Crippen LogP contribution is -2.41. The van der Waals surface area contributed by atoms with E-state index in [0.717, 1.165) is 34.5 Å². The Balaban J connectivity index is 1.42. The molecule has 7 nitrogen and oxygen atoms in total. The van der Waals surface area contributed by atoms with E-state index in [1.165, 1.54) is 18.2 Å². The summed E-state index contributed by atoms with van der Waals surface area (Å²) in [5, 5.41) is 3.10. The number of hydrazine groups is 1. The lowest BCUT2D eigenvalue weighted by atomic mass is 10.2. The van der Waals surface area contributed by atoms with Crippen LogP contribution in [-0.4, -0.2) is 22.3 Å². The maximum Gasteiger partial charge on any atom is 0.280 e. The molecule has 2 heterocycles. The maximum atomic E-state index is 13.4. The highest BCUT2D eigenvalue weighted by Gasteiger charge is 2.19. The van der Waals surface area contributed by atoms with Gasteiger partial charge < -0.3 is 9.88 Å². The number of aromatic nitrogens is 1. The molecule has 0 aliphatic rings.